The molecule has 18 heavy (non-hydrogen) atoms. The molecule has 0 aliphatic rings. The number of aromatic amines is 1. The van der Waals surface area contributed by atoms with E-state index in [0.717, 1.165) is 15.9 Å². The van der Waals surface area contributed by atoms with Crippen LogP contribution >= 0.6 is 23.6 Å². The predicted octanol–water partition coefficient (Wildman–Crippen LogP) is 3.64. The van der Waals surface area contributed by atoms with Gasteiger partial charge in [-0.2, -0.15) is 0 Å². The summed E-state index contributed by atoms with van der Waals surface area (Å²) >= 11 is 6.72. The SMILES string of the molecule is O=C(Cn1c(=S)[nH]c2ccccc21)c1cccs1. The van der Waals surface area contributed by atoms with E-state index in [4.69, 9.17) is 12.2 Å². The lowest BCUT2D eigenvalue weighted by Crippen LogP contribution is -2.09. The van der Waals surface area contributed by atoms with Crippen LogP contribution in [0.25, 0.3) is 11.0 Å². The van der Waals surface area contributed by atoms with Crippen LogP contribution in [0.2, 0.25) is 0 Å². The molecule has 90 valence electrons. The smallest absolute Gasteiger partial charge is 0.192 e. The molecule has 0 aliphatic heterocycles. The molecule has 0 amide bonds. The van der Waals surface area contributed by atoms with Crippen LogP contribution < -0.4 is 0 Å². The Morgan fingerprint density at radius 3 is 2.89 bits per heavy atom. The van der Waals surface area contributed by atoms with Crippen LogP contribution in [-0.2, 0) is 6.54 Å². The van der Waals surface area contributed by atoms with Crippen LogP contribution in [0.3, 0.4) is 0 Å². The molecule has 1 N–H and O–H groups in total. The summed E-state index contributed by atoms with van der Waals surface area (Å²) in [7, 11) is 0. The maximum Gasteiger partial charge on any atom is 0.192 e. The summed E-state index contributed by atoms with van der Waals surface area (Å²) in [5.41, 5.74) is 1.92. The van der Waals surface area contributed by atoms with Crippen LogP contribution in [0, 0.1) is 4.77 Å². The van der Waals surface area contributed by atoms with Gasteiger partial charge in [0, 0.05) is 0 Å². The third kappa shape index (κ3) is 1.91. The normalized spacial score (nSPS) is 10.9. The Labute approximate surface area is 113 Å². The fourth-order valence-corrected chi connectivity index (χ4v) is 2.85. The highest BCUT2D eigenvalue weighted by Crippen LogP contribution is 2.16. The quantitative estimate of drug-likeness (QED) is 0.585. The van der Waals surface area contributed by atoms with Gasteiger partial charge < -0.3 is 9.55 Å². The van der Waals surface area contributed by atoms with Gasteiger partial charge >= 0.3 is 0 Å². The molecule has 3 aromatic rings. The van der Waals surface area contributed by atoms with Crippen molar-refractivity contribution in [3.8, 4) is 0 Å². The number of benzene rings is 1. The third-order valence-corrected chi connectivity index (χ3v) is 4.01. The zero-order valence-corrected chi connectivity index (χ0v) is 11.1. The molecular formula is C13H10N2OS2. The summed E-state index contributed by atoms with van der Waals surface area (Å²) in [5, 5.41) is 1.90. The molecule has 0 unspecified atom stereocenters. The number of thiophene rings is 1. The van der Waals surface area contributed by atoms with Gasteiger partial charge in [0.15, 0.2) is 10.6 Å². The Morgan fingerprint density at radius 1 is 1.28 bits per heavy atom. The van der Waals surface area contributed by atoms with Crippen LogP contribution in [0.5, 0.6) is 0 Å². The molecule has 0 atom stereocenters. The minimum Gasteiger partial charge on any atom is -0.331 e. The van der Waals surface area contributed by atoms with Gasteiger partial charge in [0.05, 0.1) is 22.5 Å². The molecule has 0 aliphatic carbocycles. The molecule has 2 aromatic heterocycles. The Balaban J connectivity index is 2.03. The number of hydrogen-bond acceptors (Lipinski definition) is 3. The minimum absolute atomic E-state index is 0.0888. The largest absolute Gasteiger partial charge is 0.331 e. The monoisotopic (exact) mass is 274 g/mol. The second-order valence-electron chi connectivity index (χ2n) is 3.93. The van der Waals surface area contributed by atoms with Gasteiger partial charge in [0.25, 0.3) is 0 Å². The van der Waals surface area contributed by atoms with Gasteiger partial charge in [-0.05, 0) is 35.8 Å². The maximum absolute atomic E-state index is 12.1. The van der Waals surface area contributed by atoms with E-state index in [1.54, 1.807) is 0 Å². The second-order valence-corrected chi connectivity index (χ2v) is 5.27. The maximum atomic E-state index is 12.1. The van der Waals surface area contributed by atoms with E-state index in [0.29, 0.717) is 4.77 Å². The van der Waals surface area contributed by atoms with Crippen LogP contribution in [0.4, 0.5) is 0 Å². The fourth-order valence-electron chi connectivity index (χ4n) is 1.92. The number of hydrogen-bond donors (Lipinski definition) is 1. The van der Waals surface area contributed by atoms with Crippen molar-refractivity contribution in [3.05, 3.63) is 51.4 Å². The topological polar surface area (TPSA) is 37.8 Å². The summed E-state index contributed by atoms with van der Waals surface area (Å²) in [4.78, 5) is 16.0. The second kappa shape index (κ2) is 4.51. The van der Waals surface area contributed by atoms with Crippen molar-refractivity contribution in [2.24, 2.45) is 0 Å². The molecule has 0 spiro atoms. The highest BCUT2D eigenvalue weighted by Gasteiger charge is 2.11. The zero-order chi connectivity index (χ0) is 12.5. The molecule has 0 radical (unpaired) electrons. The lowest BCUT2D eigenvalue weighted by Gasteiger charge is -2.02. The van der Waals surface area contributed by atoms with Crippen molar-refractivity contribution in [2.75, 3.05) is 0 Å². The first-order valence-electron chi connectivity index (χ1n) is 5.50. The number of nitrogens with zero attached hydrogens (tertiary/aromatic N) is 1. The van der Waals surface area contributed by atoms with Gasteiger partial charge in [-0.15, -0.1) is 11.3 Å². The summed E-state index contributed by atoms with van der Waals surface area (Å²) < 4.78 is 2.42. The first kappa shape index (κ1) is 11.4. The average Bonchev–Trinajstić information content (AvgIpc) is 2.98. The third-order valence-electron chi connectivity index (χ3n) is 2.78. The van der Waals surface area contributed by atoms with Gasteiger partial charge in [0.1, 0.15) is 0 Å². The summed E-state index contributed by atoms with van der Waals surface area (Å²) in [6.45, 7) is 0.281. The molecular weight excluding hydrogens is 264 g/mol. The Hall–Kier alpha value is -1.72. The van der Waals surface area contributed by atoms with Gasteiger partial charge in [-0.1, -0.05) is 18.2 Å². The molecule has 0 bridgehead atoms. The van der Waals surface area contributed by atoms with Gasteiger partial charge in [0.2, 0.25) is 0 Å². The van der Waals surface area contributed by atoms with Gasteiger partial charge in [-0.3, -0.25) is 4.79 Å². The number of carbonyl (C=O) groups is 1. The van der Waals surface area contributed by atoms with E-state index < -0.39 is 0 Å². The standard InChI is InChI=1S/C13H10N2OS2/c16-11(12-6-3-7-18-12)8-15-10-5-2-1-4-9(10)14-13(15)17/h1-7H,8H2,(H,14,17). The van der Waals surface area contributed by atoms with E-state index in [2.05, 4.69) is 4.98 Å². The molecule has 2 heterocycles. The molecule has 0 saturated heterocycles. The lowest BCUT2D eigenvalue weighted by molar-refractivity contribution is 0.0977. The van der Waals surface area contributed by atoms with Crippen LogP contribution in [-0.4, -0.2) is 15.3 Å². The van der Waals surface area contributed by atoms with Crippen molar-refractivity contribution in [3.63, 3.8) is 0 Å². The minimum atomic E-state index is 0.0888. The van der Waals surface area contributed by atoms with Crippen molar-refractivity contribution in [2.45, 2.75) is 6.54 Å². The Morgan fingerprint density at radius 2 is 2.11 bits per heavy atom. The fraction of sp³-hybridized carbons (Fsp3) is 0.0769. The summed E-state index contributed by atoms with van der Waals surface area (Å²) in [6, 6.07) is 11.5. The van der Waals surface area contributed by atoms with Crippen molar-refractivity contribution in [1.29, 1.82) is 0 Å². The number of fused-ring (bicyclic) bond motifs is 1. The predicted molar refractivity (Wildman–Crippen MR) is 75.8 cm³/mol. The van der Waals surface area contributed by atoms with E-state index >= 15 is 0 Å². The number of imidazole rings is 1. The summed E-state index contributed by atoms with van der Waals surface area (Å²) in [5.74, 6) is 0.0888. The molecule has 0 fully saturated rings. The van der Waals surface area contributed by atoms with E-state index in [-0.39, 0.29) is 12.3 Å². The molecule has 0 saturated carbocycles. The van der Waals surface area contributed by atoms with Crippen molar-refractivity contribution < 1.29 is 4.79 Å². The highest BCUT2D eigenvalue weighted by molar-refractivity contribution is 7.71. The highest BCUT2D eigenvalue weighted by atomic mass is 32.1. The Kier molecular flexibility index (Phi) is 2.85. The average molecular weight is 274 g/mol. The number of ketones is 1. The first-order chi connectivity index (χ1) is 8.75. The number of Topliss-reactive ketones (excluding diaryl/α,β-unsaturated/α-hetero) is 1. The van der Waals surface area contributed by atoms with Crippen molar-refractivity contribution in [1.82, 2.24) is 9.55 Å². The zero-order valence-electron chi connectivity index (χ0n) is 9.42. The van der Waals surface area contributed by atoms with E-state index in [9.17, 15) is 4.79 Å². The number of aromatic nitrogens is 2. The molecule has 3 nitrogen and oxygen atoms in total. The van der Waals surface area contributed by atoms with Crippen LogP contribution in [0.1, 0.15) is 9.67 Å². The van der Waals surface area contributed by atoms with Crippen molar-refractivity contribution >= 4 is 40.4 Å². The Bertz CT molecular complexity index is 753. The number of carbonyl (C=O) groups excluding carboxylic acids is 1. The van der Waals surface area contributed by atoms with Gasteiger partial charge in [-0.25, -0.2) is 0 Å². The molecule has 3 rings (SSSR count). The number of para-hydroxylation sites is 2. The van der Waals surface area contributed by atoms with Crippen LogP contribution in [0.15, 0.2) is 41.8 Å². The number of H-pyrrole nitrogens is 1. The lowest BCUT2D eigenvalue weighted by atomic mass is 10.3. The number of nitrogens with one attached hydrogen (secondary N) is 1. The van der Waals surface area contributed by atoms with E-state index in [1.165, 1.54) is 11.3 Å². The number of rotatable bonds is 3. The summed E-state index contributed by atoms with van der Waals surface area (Å²) in [6.07, 6.45) is 0. The first-order valence-corrected chi connectivity index (χ1v) is 6.79. The van der Waals surface area contributed by atoms with E-state index in [1.807, 2.05) is 46.3 Å². The molecule has 5 heteroatoms. The molecule has 1 aromatic carbocycles.